The number of fused-ring (bicyclic) bond motifs is 1. The summed E-state index contributed by atoms with van der Waals surface area (Å²) >= 11 is 1.78. The number of halogens is 6. The Morgan fingerprint density at radius 3 is 2.23 bits per heavy atom. The van der Waals surface area contributed by atoms with Gasteiger partial charge in [-0.05, 0) is 59.3 Å². The van der Waals surface area contributed by atoms with E-state index in [-0.39, 0.29) is 5.41 Å². The second kappa shape index (κ2) is 14.6. The maximum atomic E-state index is 10.6. The van der Waals surface area contributed by atoms with Crippen molar-refractivity contribution in [2.24, 2.45) is 5.41 Å². The molecule has 2 aliphatic heterocycles. The van der Waals surface area contributed by atoms with Gasteiger partial charge in [0.1, 0.15) is 0 Å². The zero-order valence-electron chi connectivity index (χ0n) is 20.6. The van der Waals surface area contributed by atoms with Crippen molar-refractivity contribution in [2.45, 2.75) is 50.9 Å². The van der Waals surface area contributed by atoms with Crippen molar-refractivity contribution in [2.75, 3.05) is 26.3 Å². The van der Waals surface area contributed by atoms with Crippen molar-refractivity contribution in [3.05, 3.63) is 52.5 Å². The van der Waals surface area contributed by atoms with E-state index in [0.717, 1.165) is 45.7 Å². The molecule has 0 aromatic carbocycles. The number of aliphatic carboxylic acids is 2. The zero-order chi connectivity index (χ0) is 29.1. The van der Waals surface area contributed by atoms with Gasteiger partial charge in [0, 0.05) is 44.0 Å². The molecule has 2 unspecified atom stereocenters. The summed E-state index contributed by atoms with van der Waals surface area (Å²) in [5.41, 5.74) is 2.75. The maximum Gasteiger partial charge on any atom is 0.490 e. The molecule has 8 nitrogen and oxygen atoms in total. The molecule has 39 heavy (non-hydrogen) atoms. The molecule has 2 aromatic rings. The Labute approximate surface area is 224 Å². The number of hydrogen-bond donors (Lipinski definition) is 2. The minimum atomic E-state index is -5.08. The second-order valence-electron chi connectivity index (χ2n) is 8.91. The quantitative estimate of drug-likeness (QED) is 0.456. The number of piperidine rings is 1. The number of ether oxygens (including phenoxy) is 2. The highest BCUT2D eigenvalue weighted by Gasteiger charge is 2.46. The summed E-state index contributed by atoms with van der Waals surface area (Å²) < 4.78 is 75.8. The van der Waals surface area contributed by atoms with Crippen LogP contribution in [0.5, 0.6) is 0 Å². The Balaban J connectivity index is 0.000000317. The van der Waals surface area contributed by atoms with Crippen LogP contribution in [0, 0.1) is 5.41 Å². The predicted molar refractivity (Wildman–Crippen MR) is 127 cm³/mol. The van der Waals surface area contributed by atoms with Crippen LogP contribution >= 0.6 is 11.3 Å². The number of nitrogens with zero attached hydrogens (tertiary/aromatic N) is 2. The molecule has 2 saturated heterocycles. The standard InChI is InChI=1S/C20H26N2O2S.2C2HF3O2/c1-6-20(16-23-13-17-2-7-21-8-3-17)15-22(9-4-19(20)24-10-1)12-18-5-11-25-14-18;2*3-2(4,5)1(6)7/h2-3,5,7-8,11,14,19H,1,4,6,9-10,12-13,15-16H2;2*(H,6,7). The van der Waals surface area contributed by atoms with E-state index in [9.17, 15) is 26.3 Å². The van der Waals surface area contributed by atoms with Crippen LogP contribution in [-0.4, -0.2) is 76.8 Å². The van der Waals surface area contributed by atoms with Crippen LogP contribution in [0.15, 0.2) is 41.4 Å². The SMILES string of the molecule is O=C(O)C(F)(F)F.O=C(O)C(F)(F)F.c1cc(COCC23CCCOC2CCN(Cc2ccsc2)C3)ccn1. The Hall–Kier alpha value is -2.75. The molecule has 2 atom stereocenters. The Morgan fingerprint density at radius 1 is 1.08 bits per heavy atom. The monoisotopic (exact) mass is 586 g/mol. The number of carbonyl (C=O) groups is 2. The van der Waals surface area contributed by atoms with Gasteiger partial charge in [-0.15, -0.1) is 0 Å². The van der Waals surface area contributed by atoms with Crippen LogP contribution in [0.3, 0.4) is 0 Å². The lowest BCUT2D eigenvalue weighted by molar-refractivity contribution is -0.193. The van der Waals surface area contributed by atoms with E-state index in [0.29, 0.717) is 12.7 Å². The van der Waals surface area contributed by atoms with Crippen molar-refractivity contribution in [3.63, 3.8) is 0 Å². The summed E-state index contributed by atoms with van der Waals surface area (Å²) in [6, 6.07) is 6.28. The number of rotatable bonds is 6. The molecule has 0 saturated carbocycles. The summed E-state index contributed by atoms with van der Waals surface area (Å²) in [5.74, 6) is -5.51. The molecule has 15 heteroatoms. The van der Waals surface area contributed by atoms with E-state index < -0.39 is 24.3 Å². The topological polar surface area (TPSA) is 109 Å². The van der Waals surface area contributed by atoms with Crippen LogP contribution in [-0.2, 0) is 32.2 Å². The van der Waals surface area contributed by atoms with Gasteiger partial charge < -0.3 is 19.7 Å². The van der Waals surface area contributed by atoms with Gasteiger partial charge in [-0.2, -0.15) is 37.7 Å². The first-order valence-corrected chi connectivity index (χ1v) is 12.6. The number of alkyl halides is 6. The van der Waals surface area contributed by atoms with Crippen LogP contribution in [0.4, 0.5) is 26.3 Å². The molecule has 2 aliphatic rings. The van der Waals surface area contributed by atoms with Gasteiger partial charge in [0.05, 0.1) is 19.3 Å². The molecule has 218 valence electrons. The lowest BCUT2D eigenvalue weighted by atomic mass is 9.73. The fraction of sp³-hybridized carbons (Fsp3) is 0.542. The highest BCUT2D eigenvalue weighted by molar-refractivity contribution is 7.07. The molecule has 0 radical (unpaired) electrons. The van der Waals surface area contributed by atoms with Crippen LogP contribution < -0.4 is 0 Å². The largest absolute Gasteiger partial charge is 0.490 e. The number of pyridine rings is 1. The molecule has 0 aliphatic carbocycles. The van der Waals surface area contributed by atoms with E-state index in [1.165, 1.54) is 17.5 Å². The summed E-state index contributed by atoms with van der Waals surface area (Å²) in [6.07, 6.45) is -2.71. The minimum absolute atomic E-state index is 0.138. The summed E-state index contributed by atoms with van der Waals surface area (Å²) in [5, 5.41) is 18.7. The number of aromatic nitrogens is 1. The summed E-state index contributed by atoms with van der Waals surface area (Å²) in [7, 11) is 0. The summed E-state index contributed by atoms with van der Waals surface area (Å²) in [6.45, 7) is 5.57. The molecule has 0 spiro atoms. The molecule has 2 N–H and O–H groups in total. The maximum absolute atomic E-state index is 10.6. The van der Waals surface area contributed by atoms with E-state index >= 15 is 0 Å². The lowest BCUT2D eigenvalue weighted by Gasteiger charge is -2.50. The summed E-state index contributed by atoms with van der Waals surface area (Å²) in [4.78, 5) is 24.4. The van der Waals surface area contributed by atoms with Gasteiger partial charge >= 0.3 is 24.3 Å². The third-order valence-corrected chi connectivity index (χ3v) is 6.68. The zero-order valence-corrected chi connectivity index (χ0v) is 21.4. The first-order valence-electron chi connectivity index (χ1n) is 11.6. The van der Waals surface area contributed by atoms with Crippen molar-refractivity contribution in [3.8, 4) is 0 Å². The van der Waals surface area contributed by atoms with E-state index in [1.54, 1.807) is 11.3 Å². The average molecular weight is 587 g/mol. The smallest absolute Gasteiger partial charge is 0.475 e. The van der Waals surface area contributed by atoms with Crippen molar-refractivity contribution in [1.29, 1.82) is 0 Å². The van der Waals surface area contributed by atoms with Crippen molar-refractivity contribution in [1.82, 2.24) is 9.88 Å². The highest BCUT2D eigenvalue weighted by Crippen LogP contribution is 2.41. The lowest BCUT2D eigenvalue weighted by Crippen LogP contribution is -2.56. The third-order valence-electron chi connectivity index (χ3n) is 5.95. The fourth-order valence-corrected chi connectivity index (χ4v) is 4.88. The van der Waals surface area contributed by atoms with Gasteiger partial charge in [0.15, 0.2) is 0 Å². The normalized spacial score (nSPS) is 21.4. The molecular formula is C24H28F6N2O6S. The average Bonchev–Trinajstić information content (AvgIpc) is 3.37. The predicted octanol–water partition coefficient (Wildman–Crippen LogP) is 5.00. The fourth-order valence-electron chi connectivity index (χ4n) is 4.22. The molecular weight excluding hydrogens is 558 g/mol. The Morgan fingerprint density at radius 2 is 1.69 bits per heavy atom. The van der Waals surface area contributed by atoms with Gasteiger partial charge in [-0.25, -0.2) is 9.59 Å². The van der Waals surface area contributed by atoms with Crippen molar-refractivity contribution < 1.29 is 55.6 Å². The highest BCUT2D eigenvalue weighted by atomic mass is 32.1. The van der Waals surface area contributed by atoms with Gasteiger partial charge in [0.25, 0.3) is 0 Å². The van der Waals surface area contributed by atoms with E-state index in [2.05, 4.69) is 26.7 Å². The van der Waals surface area contributed by atoms with E-state index in [1.807, 2.05) is 24.5 Å². The van der Waals surface area contributed by atoms with Crippen molar-refractivity contribution >= 4 is 23.3 Å². The Bertz CT molecular complexity index is 998. The van der Waals surface area contributed by atoms with E-state index in [4.69, 9.17) is 29.3 Å². The molecule has 4 rings (SSSR count). The Kier molecular flexibility index (Phi) is 12.1. The molecule has 0 bridgehead atoms. The van der Waals surface area contributed by atoms with Crippen LogP contribution in [0.2, 0.25) is 0 Å². The van der Waals surface area contributed by atoms with Gasteiger partial charge in [0.2, 0.25) is 0 Å². The third kappa shape index (κ3) is 11.1. The molecule has 0 amide bonds. The number of hydrogen-bond acceptors (Lipinski definition) is 7. The number of likely N-dealkylation sites (tertiary alicyclic amines) is 1. The molecule has 2 aromatic heterocycles. The first-order chi connectivity index (χ1) is 18.2. The van der Waals surface area contributed by atoms with Gasteiger partial charge in [-0.1, -0.05) is 0 Å². The first kappa shape index (κ1) is 32.5. The number of carboxylic acids is 2. The van der Waals surface area contributed by atoms with Crippen LogP contribution in [0.25, 0.3) is 0 Å². The molecule has 4 heterocycles. The minimum Gasteiger partial charge on any atom is -0.475 e. The second-order valence-corrected chi connectivity index (χ2v) is 9.69. The number of thiophene rings is 1. The molecule has 2 fully saturated rings. The number of carboxylic acid groups (broad SMARTS) is 2. The van der Waals surface area contributed by atoms with Gasteiger partial charge in [-0.3, -0.25) is 9.88 Å². The van der Waals surface area contributed by atoms with Crippen LogP contribution in [0.1, 0.15) is 30.4 Å².